The van der Waals surface area contributed by atoms with E-state index in [1.54, 1.807) is 19.1 Å². The van der Waals surface area contributed by atoms with Crippen molar-refractivity contribution in [2.75, 3.05) is 59.0 Å². The smallest absolute Gasteiger partial charge is 0.872 e. The van der Waals surface area contributed by atoms with Crippen LogP contribution in [0, 0.1) is 0 Å². The van der Waals surface area contributed by atoms with E-state index in [-0.39, 0.29) is 22.8 Å². The third kappa shape index (κ3) is 8.49. The molecule has 0 radical (unpaired) electrons. The summed E-state index contributed by atoms with van der Waals surface area (Å²) in [6, 6.07) is 6.26. The minimum Gasteiger partial charge on any atom is -0.872 e. The average Bonchev–Trinajstić information content (AvgIpc) is 2.76. The van der Waals surface area contributed by atoms with Crippen LogP contribution in [0.4, 0.5) is 0 Å². The van der Waals surface area contributed by atoms with Crippen LogP contribution < -0.4 is 15.3 Å². The summed E-state index contributed by atoms with van der Waals surface area (Å²) in [7, 11) is 0. The molecule has 29 heavy (non-hydrogen) atoms. The van der Waals surface area contributed by atoms with Crippen LogP contribution in [0.5, 0.6) is 5.75 Å². The first-order valence-corrected chi connectivity index (χ1v) is 9.91. The van der Waals surface area contributed by atoms with Crippen molar-refractivity contribution < 1.29 is 42.6 Å². The van der Waals surface area contributed by atoms with Crippen molar-refractivity contribution in [1.29, 1.82) is 0 Å². The molecular formula is C20H32FeN3O5+3. The van der Waals surface area contributed by atoms with E-state index >= 15 is 0 Å². The van der Waals surface area contributed by atoms with Gasteiger partial charge in [0.1, 0.15) is 0 Å². The predicted octanol–water partition coefficient (Wildman–Crippen LogP) is -2.99. The number of hydrogen-bond donors (Lipinski definition) is 2. The minimum atomic E-state index is -1.10. The molecule has 0 saturated carbocycles. The van der Waals surface area contributed by atoms with Crippen LogP contribution in [-0.2, 0) is 23.6 Å². The van der Waals surface area contributed by atoms with E-state index in [9.17, 15) is 25.5 Å². The molecule has 0 unspecified atom stereocenters. The van der Waals surface area contributed by atoms with Crippen LogP contribution >= 0.6 is 0 Å². The van der Waals surface area contributed by atoms with Crippen molar-refractivity contribution in [2.45, 2.75) is 31.7 Å². The molecule has 0 bridgehead atoms. The van der Waals surface area contributed by atoms with Crippen molar-refractivity contribution in [3.63, 3.8) is 0 Å². The van der Waals surface area contributed by atoms with Crippen molar-refractivity contribution in [3.8, 4) is 5.75 Å². The topological polar surface area (TPSA) is 119 Å². The van der Waals surface area contributed by atoms with E-state index in [1.165, 1.54) is 0 Å². The molecule has 8 nitrogen and oxygen atoms in total. The molecule has 1 heterocycles. The van der Waals surface area contributed by atoms with Crippen LogP contribution in [0.1, 0.15) is 12.5 Å². The van der Waals surface area contributed by atoms with Gasteiger partial charge >= 0.3 is 17.1 Å². The number of nitrogens with zero attached hydrogens (tertiary/aromatic N) is 3. The molecule has 1 saturated heterocycles. The van der Waals surface area contributed by atoms with Crippen molar-refractivity contribution in [2.24, 2.45) is 0 Å². The van der Waals surface area contributed by atoms with Gasteiger partial charge in [0.2, 0.25) is 0 Å². The Morgan fingerprint density at radius 1 is 1.03 bits per heavy atom. The average molecular weight is 450 g/mol. The largest absolute Gasteiger partial charge is 6.00 e. The van der Waals surface area contributed by atoms with Gasteiger partial charge in [0.25, 0.3) is 0 Å². The molecule has 162 valence electrons. The van der Waals surface area contributed by atoms with Crippen LogP contribution in [0.2, 0.25) is 0 Å². The van der Waals surface area contributed by atoms with Gasteiger partial charge in [-0.15, -0.1) is 18.5 Å². The molecule has 1 aromatic carbocycles. The van der Waals surface area contributed by atoms with Gasteiger partial charge in [0.05, 0.1) is 12.7 Å². The van der Waals surface area contributed by atoms with Gasteiger partial charge < -0.3 is 30.4 Å². The molecular weight excluding hydrogens is 418 g/mol. The zero-order valence-electron chi connectivity index (χ0n) is 16.9. The second kappa shape index (κ2) is 13.5. The standard InChI is InChI=1S/C20H33N3O5.Fe/c1-16(26)12-21-6-7-22(13-17-4-2-3-5-19(17)27)9-11-23(10-8-21)18(14-24)20(28)15-25;/h2-5,16,18,20,25,27-28H,6-15H2,1H3;/q-2;+6/p-1/t16-,18+,20+;/m0./s1. The molecule has 9 heteroatoms. The first-order chi connectivity index (χ1) is 13.4. The van der Waals surface area contributed by atoms with Crippen molar-refractivity contribution >= 4 is 0 Å². The molecule has 2 N–H and O–H groups in total. The first-order valence-electron chi connectivity index (χ1n) is 9.91. The van der Waals surface area contributed by atoms with Gasteiger partial charge in [-0.25, -0.2) is 0 Å². The molecule has 0 aromatic heterocycles. The fourth-order valence-electron chi connectivity index (χ4n) is 3.65. The fraction of sp³-hybridized carbons (Fsp3) is 0.700. The quantitative estimate of drug-likeness (QED) is 0.403. The van der Waals surface area contributed by atoms with E-state index in [2.05, 4.69) is 9.80 Å². The molecule has 3 atom stereocenters. The number of rotatable bonds is 8. The molecule has 1 aliphatic heterocycles. The Bertz CT molecular complexity index is 581. The van der Waals surface area contributed by atoms with Crippen LogP contribution in [0.3, 0.4) is 0 Å². The molecule has 1 fully saturated rings. The van der Waals surface area contributed by atoms with Crippen LogP contribution in [0.25, 0.3) is 0 Å². The summed E-state index contributed by atoms with van der Waals surface area (Å²) in [6.07, 6.45) is -1.82. The van der Waals surface area contributed by atoms with Crippen LogP contribution in [0.15, 0.2) is 24.3 Å². The maximum Gasteiger partial charge on any atom is 6.00 e. The Hall–Kier alpha value is -0.741. The SMILES string of the molecule is C[C@H]([O-])CN1CCN(Cc2ccccc2[O-])CCN([C@H](C[O-])[C@H](O)CO)CC1.[Fe+6]. The van der Waals surface area contributed by atoms with E-state index in [0.29, 0.717) is 57.9 Å². The van der Waals surface area contributed by atoms with E-state index in [0.717, 1.165) is 0 Å². The van der Waals surface area contributed by atoms with Crippen LogP contribution in [-0.4, -0.2) is 102 Å². The molecule has 2 rings (SSSR count). The van der Waals surface area contributed by atoms with E-state index in [4.69, 9.17) is 0 Å². The second-order valence-corrected chi connectivity index (χ2v) is 7.52. The van der Waals surface area contributed by atoms with E-state index in [1.807, 2.05) is 17.0 Å². The Balaban J connectivity index is 0.00000420. The second-order valence-electron chi connectivity index (χ2n) is 7.52. The number of aliphatic hydroxyl groups is 2. The van der Waals surface area contributed by atoms with Gasteiger partial charge in [-0.05, 0) is 12.1 Å². The number of hydrogen-bond acceptors (Lipinski definition) is 8. The molecule has 0 amide bonds. The Morgan fingerprint density at radius 3 is 2.21 bits per heavy atom. The van der Waals surface area contributed by atoms with Gasteiger partial charge in [-0.3, -0.25) is 9.80 Å². The summed E-state index contributed by atoms with van der Waals surface area (Å²) >= 11 is 0. The minimum absolute atomic E-state index is 0. The molecule has 0 spiro atoms. The molecule has 0 aliphatic carbocycles. The third-order valence-electron chi connectivity index (χ3n) is 5.29. The molecule has 1 aliphatic rings. The fourth-order valence-corrected chi connectivity index (χ4v) is 3.65. The van der Waals surface area contributed by atoms with Gasteiger partial charge in [0, 0.05) is 51.9 Å². The van der Waals surface area contributed by atoms with Crippen molar-refractivity contribution in [1.82, 2.24) is 14.7 Å². The summed E-state index contributed by atoms with van der Waals surface area (Å²) in [4.78, 5) is 6.11. The summed E-state index contributed by atoms with van der Waals surface area (Å²) in [6.45, 7) is 5.31. The summed E-state index contributed by atoms with van der Waals surface area (Å²) < 4.78 is 0. The van der Waals surface area contributed by atoms with Crippen molar-refractivity contribution in [3.05, 3.63) is 29.8 Å². The zero-order chi connectivity index (χ0) is 20.5. The monoisotopic (exact) mass is 450 g/mol. The van der Waals surface area contributed by atoms with Gasteiger partial charge in [-0.1, -0.05) is 31.2 Å². The van der Waals surface area contributed by atoms with Gasteiger partial charge in [-0.2, -0.15) is 0 Å². The van der Waals surface area contributed by atoms with Gasteiger partial charge in [0.15, 0.2) is 0 Å². The predicted molar refractivity (Wildman–Crippen MR) is 100 cm³/mol. The first kappa shape index (κ1) is 26.3. The summed E-state index contributed by atoms with van der Waals surface area (Å²) in [5.74, 6) is -0.00241. The maximum atomic E-state index is 12.1. The number of benzene rings is 1. The Labute approximate surface area is 183 Å². The zero-order valence-corrected chi connectivity index (χ0v) is 18.0. The summed E-state index contributed by atoms with van der Waals surface area (Å²) in [5.41, 5.74) is 0.716. The summed E-state index contributed by atoms with van der Waals surface area (Å²) in [5, 5.41) is 54.8. The van der Waals surface area contributed by atoms with E-state index < -0.39 is 31.5 Å². The third-order valence-corrected chi connectivity index (χ3v) is 5.29. The maximum absolute atomic E-state index is 12.1. The number of para-hydroxylation sites is 1. The Kier molecular flexibility index (Phi) is 12.3. The normalized spacial score (nSPS) is 20.7. The Morgan fingerprint density at radius 2 is 1.62 bits per heavy atom. The number of aliphatic hydroxyl groups excluding tert-OH is 2. The molecule has 1 aromatic rings.